The standard InChI is InChI=1S/C15H16N2O3/c1-10-3-4-12(11(2)9-10)13-5-6-14(18)17(16-13)8-7-15(19)20/h3-6,9H,7-8H2,1-2H3,(H,19,20). The zero-order valence-corrected chi connectivity index (χ0v) is 11.5. The van der Waals surface area contributed by atoms with Crippen LogP contribution in [-0.4, -0.2) is 20.9 Å². The summed E-state index contributed by atoms with van der Waals surface area (Å²) in [6.07, 6.45) is -0.122. The lowest BCUT2D eigenvalue weighted by atomic mass is 10.0. The molecule has 0 amide bonds. The summed E-state index contributed by atoms with van der Waals surface area (Å²) in [5, 5.41) is 12.9. The molecule has 0 aliphatic heterocycles. The Kier molecular flexibility index (Phi) is 3.98. The maximum absolute atomic E-state index is 11.7. The molecule has 0 unspecified atom stereocenters. The van der Waals surface area contributed by atoms with Crippen LogP contribution in [0.3, 0.4) is 0 Å². The van der Waals surface area contributed by atoms with Crippen molar-refractivity contribution < 1.29 is 9.90 Å². The third-order valence-electron chi connectivity index (χ3n) is 3.06. The van der Waals surface area contributed by atoms with E-state index in [9.17, 15) is 9.59 Å². The highest BCUT2D eigenvalue weighted by Gasteiger charge is 2.07. The predicted octanol–water partition coefficient (Wildman–Crippen LogP) is 2.00. The Morgan fingerprint density at radius 3 is 2.65 bits per heavy atom. The zero-order valence-electron chi connectivity index (χ0n) is 11.5. The van der Waals surface area contributed by atoms with E-state index >= 15 is 0 Å². The van der Waals surface area contributed by atoms with Gasteiger partial charge in [0.05, 0.1) is 18.7 Å². The van der Waals surface area contributed by atoms with E-state index in [0.29, 0.717) is 5.69 Å². The molecule has 2 rings (SSSR count). The van der Waals surface area contributed by atoms with Crippen molar-refractivity contribution in [1.29, 1.82) is 0 Å². The minimum Gasteiger partial charge on any atom is -0.481 e. The molecule has 5 heteroatoms. The summed E-state index contributed by atoms with van der Waals surface area (Å²) in [5.74, 6) is -0.949. The van der Waals surface area contributed by atoms with Crippen molar-refractivity contribution in [2.24, 2.45) is 0 Å². The molecule has 0 aliphatic rings. The maximum Gasteiger partial charge on any atom is 0.305 e. The average molecular weight is 272 g/mol. The van der Waals surface area contributed by atoms with Crippen molar-refractivity contribution in [2.75, 3.05) is 0 Å². The molecular weight excluding hydrogens is 256 g/mol. The van der Waals surface area contributed by atoms with Gasteiger partial charge in [-0.2, -0.15) is 5.10 Å². The highest BCUT2D eigenvalue weighted by Crippen LogP contribution is 2.21. The highest BCUT2D eigenvalue weighted by molar-refractivity contribution is 5.66. The van der Waals surface area contributed by atoms with E-state index in [-0.39, 0.29) is 18.5 Å². The lowest BCUT2D eigenvalue weighted by molar-refractivity contribution is -0.137. The summed E-state index contributed by atoms with van der Waals surface area (Å²) >= 11 is 0. The molecule has 1 N–H and O–H groups in total. The maximum atomic E-state index is 11.7. The van der Waals surface area contributed by atoms with Gasteiger partial charge < -0.3 is 5.11 Å². The van der Waals surface area contributed by atoms with Gasteiger partial charge in [0.1, 0.15) is 0 Å². The minimum atomic E-state index is -0.949. The van der Waals surface area contributed by atoms with Crippen LogP contribution in [0.2, 0.25) is 0 Å². The molecule has 0 fully saturated rings. The second kappa shape index (κ2) is 5.69. The van der Waals surface area contributed by atoms with Gasteiger partial charge in [0.25, 0.3) is 5.56 Å². The summed E-state index contributed by atoms with van der Waals surface area (Å²) < 4.78 is 1.20. The molecule has 1 aromatic heterocycles. The van der Waals surface area contributed by atoms with Crippen LogP contribution in [0.1, 0.15) is 17.5 Å². The number of aromatic nitrogens is 2. The largest absolute Gasteiger partial charge is 0.481 e. The number of hydrogen-bond donors (Lipinski definition) is 1. The molecule has 20 heavy (non-hydrogen) atoms. The molecule has 0 saturated carbocycles. The number of nitrogens with zero attached hydrogens (tertiary/aromatic N) is 2. The quantitative estimate of drug-likeness (QED) is 0.924. The Balaban J connectivity index is 2.40. The molecule has 0 saturated heterocycles. The van der Waals surface area contributed by atoms with Crippen molar-refractivity contribution in [1.82, 2.24) is 9.78 Å². The van der Waals surface area contributed by atoms with Gasteiger partial charge in [0.15, 0.2) is 0 Å². The molecule has 5 nitrogen and oxygen atoms in total. The number of aryl methyl sites for hydroxylation is 3. The predicted molar refractivity (Wildman–Crippen MR) is 75.7 cm³/mol. The fourth-order valence-electron chi connectivity index (χ4n) is 2.06. The smallest absolute Gasteiger partial charge is 0.305 e. The summed E-state index contributed by atoms with van der Waals surface area (Å²) in [4.78, 5) is 22.2. The van der Waals surface area contributed by atoms with Gasteiger partial charge in [-0.15, -0.1) is 0 Å². The molecule has 0 atom stereocenters. The van der Waals surface area contributed by atoms with Gasteiger partial charge in [-0.25, -0.2) is 4.68 Å². The van der Waals surface area contributed by atoms with Crippen LogP contribution < -0.4 is 5.56 Å². The van der Waals surface area contributed by atoms with E-state index < -0.39 is 5.97 Å². The fraction of sp³-hybridized carbons (Fsp3) is 0.267. The number of aliphatic carboxylic acids is 1. The molecular formula is C15H16N2O3. The molecule has 0 radical (unpaired) electrons. The third-order valence-corrected chi connectivity index (χ3v) is 3.06. The Morgan fingerprint density at radius 2 is 2.00 bits per heavy atom. The van der Waals surface area contributed by atoms with Crippen LogP contribution in [0.15, 0.2) is 35.1 Å². The van der Waals surface area contributed by atoms with E-state index in [2.05, 4.69) is 5.10 Å². The van der Waals surface area contributed by atoms with Gasteiger partial charge >= 0.3 is 5.97 Å². The molecule has 2 aromatic rings. The Hall–Kier alpha value is -2.43. The Morgan fingerprint density at radius 1 is 1.25 bits per heavy atom. The molecule has 0 bridgehead atoms. The van der Waals surface area contributed by atoms with Crippen LogP contribution >= 0.6 is 0 Å². The van der Waals surface area contributed by atoms with Crippen LogP contribution in [-0.2, 0) is 11.3 Å². The number of carboxylic acids is 1. The summed E-state index contributed by atoms with van der Waals surface area (Å²) in [5.41, 5.74) is 3.55. The molecule has 1 heterocycles. The van der Waals surface area contributed by atoms with Gasteiger partial charge in [-0.3, -0.25) is 9.59 Å². The Labute approximate surface area is 116 Å². The zero-order chi connectivity index (χ0) is 14.7. The summed E-state index contributed by atoms with van der Waals surface area (Å²) in [7, 11) is 0. The van der Waals surface area contributed by atoms with E-state index in [0.717, 1.165) is 16.7 Å². The first-order valence-corrected chi connectivity index (χ1v) is 6.35. The van der Waals surface area contributed by atoms with Gasteiger partial charge in [-0.1, -0.05) is 23.8 Å². The highest BCUT2D eigenvalue weighted by atomic mass is 16.4. The number of benzene rings is 1. The van der Waals surface area contributed by atoms with Crippen LogP contribution in [0.4, 0.5) is 0 Å². The van der Waals surface area contributed by atoms with Gasteiger partial charge in [-0.05, 0) is 25.5 Å². The number of hydrogen-bond acceptors (Lipinski definition) is 3. The first kappa shape index (κ1) is 14.0. The van der Waals surface area contributed by atoms with Crippen LogP contribution in [0, 0.1) is 13.8 Å². The monoisotopic (exact) mass is 272 g/mol. The first-order valence-electron chi connectivity index (χ1n) is 6.35. The fourth-order valence-corrected chi connectivity index (χ4v) is 2.06. The SMILES string of the molecule is Cc1ccc(-c2ccc(=O)n(CCC(=O)O)n2)c(C)c1. The van der Waals surface area contributed by atoms with E-state index in [1.165, 1.54) is 10.7 Å². The molecule has 0 spiro atoms. The normalized spacial score (nSPS) is 10.5. The molecule has 104 valence electrons. The van der Waals surface area contributed by atoms with Gasteiger partial charge in [0.2, 0.25) is 0 Å². The Bertz CT molecular complexity index is 705. The molecule has 0 aliphatic carbocycles. The number of carboxylic acid groups (broad SMARTS) is 1. The van der Waals surface area contributed by atoms with Crippen LogP contribution in [0.25, 0.3) is 11.3 Å². The first-order chi connectivity index (χ1) is 9.47. The summed E-state index contributed by atoms with van der Waals surface area (Å²) in [6.45, 7) is 4.07. The van der Waals surface area contributed by atoms with Crippen molar-refractivity contribution >= 4 is 5.97 Å². The third kappa shape index (κ3) is 3.12. The van der Waals surface area contributed by atoms with Crippen molar-refractivity contribution in [3.63, 3.8) is 0 Å². The van der Waals surface area contributed by atoms with E-state index in [1.54, 1.807) is 6.07 Å². The van der Waals surface area contributed by atoms with Crippen molar-refractivity contribution in [2.45, 2.75) is 26.8 Å². The lowest BCUT2D eigenvalue weighted by Crippen LogP contribution is -2.23. The van der Waals surface area contributed by atoms with Crippen molar-refractivity contribution in [3.05, 3.63) is 51.8 Å². The average Bonchev–Trinajstić information content (AvgIpc) is 2.38. The minimum absolute atomic E-state index is 0.0763. The molecule has 1 aromatic carbocycles. The van der Waals surface area contributed by atoms with Gasteiger partial charge in [0, 0.05) is 11.6 Å². The summed E-state index contributed by atoms with van der Waals surface area (Å²) in [6, 6.07) is 9.07. The second-order valence-electron chi connectivity index (χ2n) is 4.74. The van der Waals surface area contributed by atoms with E-state index in [4.69, 9.17) is 5.11 Å². The lowest BCUT2D eigenvalue weighted by Gasteiger charge is -2.09. The topological polar surface area (TPSA) is 72.2 Å². The second-order valence-corrected chi connectivity index (χ2v) is 4.74. The van der Waals surface area contributed by atoms with E-state index in [1.807, 2.05) is 32.0 Å². The van der Waals surface area contributed by atoms with Crippen LogP contribution in [0.5, 0.6) is 0 Å². The van der Waals surface area contributed by atoms with Crippen molar-refractivity contribution in [3.8, 4) is 11.3 Å². The number of carbonyl (C=O) groups is 1. The number of rotatable bonds is 4.